The van der Waals surface area contributed by atoms with E-state index >= 15 is 0 Å². The van der Waals surface area contributed by atoms with Gasteiger partial charge in [0.25, 0.3) is 0 Å². The zero-order chi connectivity index (χ0) is 9.97. The van der Waals surface area contributed by atoms with E-state index in [4.69, 9.17) is 5.73 Å². The first-order valence-corrected chi connectivity index (χ1v) is 5.09. The maximum Gasteiger partial charge on any atom is 0.250 e. The quantitative estimate of drug-likeness (QED) is 0.748. The number of rotatable bonds is 1. The van der Waals surface area contributed by atoms with Crippen LogP contribution in [0.25, 0.3) is 12.2 Å². The SMILES string of the molecule is NC(=O)c1csc2c1/C=C\C=C/C=C2. The highest BCUT2D eigenvalue weighted by molar-refractivity contribution is 7.11. The second kappa shape index (κ2) is 3.64. The number of carbonyl (C=O) groups excluding carboxylic acids is 1. The van der Waals surface area contributed by atoms with Crippen LogP contribution in [0.4, 0.5) is 0 Å². The Hall–Kier alpha value is -1.61. The minimum absolute atomic E-state index is 0.370. The Morgan fingerprint density at radius 2 is 1.86 bits per heavy atom. The Morgan fingerprint density at radius 3 is 2.57 bits per heavy atom. The van der Waals surface area contributed by atoms with E-state index < -0.39 is 0 Å². The highest BCUT2D eigenvalue weighted by Crippen LogP contribution is 2.26. The van der Waals surface area contributed by atoms with Gasteiger partial charge in [0.2, 0.25) is 5.91 Å². The van der Waals surface area contributed by atoms with Crippen molar-refractivity contribution in [2.24, 2.45) is 5.73 Å². The monoisotopic (exact) mass is 203 g/mol. The maximum atomic E-state index is 11.1. The number of fused-ring (bicyclic) bond motifs is 1. The lowest BCUT2D eigenvalue weighted by Gasteiger charge is -1.97. The Morgan fingerprint density at radius 1 is 1.14 bits per heavy atom. The van der Waals surface area contributed by atoms with Crippen molar-refractivity contribution < 1.29 is 4.79 Å². The third-order valence-electron chi connectivity index (χ3n) is 1.97. The number of allylic oxidation sites excluding steroid dienone is 4. The summed E-state index contributed by atoms with van der Waals surface area (Å²) in [6.07, 6.45) is 11.6. The van der Waals surface area contributed by atoms with Crippen molar-refractivity contribution in [1.29, 1.82) is 0 Å². The summed E-state index contributed by atoms with van der Waals surface area (Å²) in [6.45, 7) is 0. The lowest BCUT2D eigenvalue weighted by Crippen LogP contribution is -2.11. The highest BCUT2D eigenvalue weighted by atomic mass is 32.1. The van der Waals surface area contributed by atoms with Crippen molar-refractivity contribution in [3.8, 4) is 0 Å². The van der Waals surface area contributed by atoms with E-state index in [1.807, 2.05) is 36.5 Å². The van der Waals surface area contributed by atoms with Gasteiger partial charge in [-0.25, -0.2) is 0 Å². The first-order valence-electron chi connectivity index (χ1n) is 4.22. The molecule has 1 aromatic rings. The first-order chi connectivity index (χ1) is 6.79. The predicted octanol–water partition coefficient (Wildman–Crippen LogP) is 2.44. The standard InChI is InChI=1S/C11H9NOS/c12-11(13)9-7-14-10-6-4-2-1-3-5-8(9)10/h1-7H,(H2,12,13)/b2-1-,3-1?,4-2?,5-3-,6-4?,8-5?,10-6?. The summed E-state index contributed by atoms with van der Waals surface area (Å²) in [6, 6.07) is 0. The summed E-state index contributed by atoms with van der Waals surface area (Å²) < 4.78 is 0. The maximum absolute atomic E-state index is 11.1. The van der Waals surface area contributed by atoms with E-state index in [0.717, 1.165) is 10.4 Å². The molecule has 0 aromatic carbocycles. The molecular formula is C11H9NOS. The van der Waals surface area contributed by atoms with Crippen molar-refractivity contribution in [3.63, 3.8) is 0 Å². The molecule has 1 heterocycles. The number of hydrogen-bond donors (Lipinski definition) is 1. The van der Waals surface area contributed by atoms with Gasteiger partial charge in [-0.15, -0.1) is 11.3 Å². The summed E-state index contributed by atoms with van der Waals surface area (Å²) in [5.41, 5.74) is 6.78. The molecule has 0 saturated heterocycles. The fourth-order valence-electron chi connectivity index (χ4n) is 1.30. The summed E-state index contributed by atoms with van der Waals surface area (Å²) in [7, 11) is 0. The molecule has 0 aliphatic heterocycles. The highest BCUT2D eigenvalue weighted by Gasteiger charge is 2.11. The topological polar surface area (TPSA) is 43.1 Å². The fourth-order valence-corrected chi connectivity index (χ4v) is 2.25. The van der Waals surface area contributed by atoms with Crippen LogP contribution in [-0.4, -0.2) is 5.91 Å². The third kappa shape index (κ3) is 1.54. The van der Waals surface area contributed by atoms with Crippen LogP contribution in [0.3, 0.4) is 0 Å². The lowest BCUT2D eigenvalue weighted by atomic mass is 10.1. The molecule has 0 fully saturated rings. The predicted molar refractivity (Wildman–Crippen MR) is 60.0 cm³/mol. The summed E-state index contributed by atoms with van der Waals surface area (Å²) in [5, 5.41) is 1.80. The van der Waals surface area contributed by atoms with Crippen molar-refractivity contribution in [3.05, 3.63) is 45.7 Å². The average Bonchev–Trinajstić information content (AvgIpc) is 2.47. The smallest absolute Gasteiger partial charge is 0.250 e. The van der Waals surface area contributed by atoms with E-state index in [2.05, 4.69) is 0 Å². The fraction of sp³-hybridized carbons (Fsp3) is 0. The molecule has 14 heavy (non-hydrogen) atoms. The minimum atomic E-state index is -0.370. The zero-order valence-corrected chi connectivity index (χ0v) is 8.25. The van der Waals surface area contributed by atoms with Crippen molar-refractivity contribution in [2.75, 3.05) is 0 Å². The van der Waals surface area contributed by atoms with E-state index in [-0.39, 0.29) is 5.91 Å². The van der Waals surface area contributed by atoms with E-state index in [0.29, 0.717) is 5.56 Å². The van der Waals surface area contributed by atoms with Gasteiger partial charge >= 0.3 is 0 Å². The van der Waals surface area contributed by atoms with E-state index in [1.165, 1.54) is 11.3 Å². The van der Waals surface area contributed by atoms with Gasteiger partial charge in [0, 0.05) is 15.8 Å². The molecule has 1 aliphatic carbocycles. The summed E-state index contributed by atoms with van der Waals surface area (Å²) >= 11 is 1.53. The molecule has 0 unspecified atom stereocenters. The van der Waals surface area contributed by atoms with E-state index in [9.17, 15) is 4.79 Å². The molecule has 0 atom stereocenters. The average molecular weight is 203 g/mol. The molecule has 0 bridgehead atoms. The molecule has 3 heteroatoms. The summed E-state index contributed by atoms with van der Waals surface area (Å²) in [4.78, 5) is 12.2. The zero-order valence-electron chi connectivity index (χ0n) is 7.44. The number of primary amides is 1. The van der Waals surface area contributed by atoms with Crippen LogP contribution in [0.5, 0.6) is 0 Å². The van der Waals surface area contributed by atoms with Crippen molar-refractivity contribution in [1.82, 2.24) is 0 Å². The second-order valence-corrected chi connectivity index (χ2v) is 3.81. The van der Waals surface area contributed by atoms with Gasteiger partial charge in [-0.3, -0.25) is 4.79 Å². The Bertz CT molecular complexity index is 452. The molecule has 1 amide bonds. The minimum Gasteiger partial charge on any atom is -0.366 e. The Balaban J connectivity index is 2.57. The van der Waals surface area contributed by atoms with Gasteiger partial charge in [0.15, 0.2) is 0 Å². The second-order valence-electron chi connectivity index (χ2n) is 2.89. The molecule has 1 aliphatic rings. The molecule has 2 nitrogen and oxygen atoms in total. The molecule has 2 N–H and O–H groups in total. The van der Waals surface area contributed by atoms with Gasteiger partial charge in [0.1, 0.15) is 0 Å². The van der Waals surface area contributed by atoms with Gasteiger partial charge in [0.05, 0.1) is 5.56 Å². The molecule has 0 spiro atoms. The Labute approximate surface area is 86.1 Å². The first kappa shape index (κ1) is 8.97. The van der Waals surface area contributed by atoms with Crippen molar-refractivity contribution >= 4 is 29.4 Å². The number of nitrogens with two attached hydrogens (primary N) is 1. The molecule has 1 aromatic heterocycles. The number of thiophene rings is 1. The van der Waals surface area contributed by atoms with Crippen LogP contribution >= 0.6 is 11.3 Å². The van der Waals surface area contributed by atoms with Gasteiger partial charge < -0.3 is 5.73 Å². The lowest BCUT2D eigenvalue weighted by molar-refractivity contribution is 0.100. The number of carbonyl (C=O) groups is 1. The summed E-state index contributed by atoms with van der Waals surface area (Å²) in [5.74, 6) is -0.370. The number of hydrogen-bond acceptors (Lipinski definition) is 2. The molecular weight excluding hydrogens is 194 g/mol. The Kier molecular flexibility index (Phi) is 2.33. The largest absolute Gasteiger partial charge is 0.366 e. The van der Waals surface area contributed by atoms with Crippen LogP contribution < -0.4 is 5.73 Å². The molecule has 70 valence electrons. The third-order valence-corrected chi connectivity index (χ3v) is 2.93. The molecule has 0 saturated carbocycles. The van der Waals surface area contributed by atoms with Gasteiger partial charge in [-0.05, 0) is 6.08 Å². The molecule has 2 rings (SSSR count). The van der Waals surface area contributed by atoms with Gasteiger partial charge in [-0.1, -0.05) is 30.4 Å². The normalized spacial score (nSPS) is 18.0. The van der Waals surface area contributed by atoms with E-state index in [1.54, 1.807) is 5.38 Å². The van der Waals surface area contributed by atoms with Crippen LogP contribution in [0.2, 0.25) is 0 Å². The van der Waals surface area contributed by atoms with Crippen LogP contribution in [-0.2, 0) is 0 Å². The molecule has 0 radical (unpaired) electrons. The van der Waals surface area contributed by atoms with Crippen LogP contribution in [0.15, 0.2) is 29.7 Å². The van der Waals surface area contributed by atoms with Crippen LogP contribution in [0, 0.1) is 0 Å². The van der Waals surface area contributed by atoms with Gasteiger partial charge in [-0.2, -0.15) is 0 Å². The van der Waals surface area contributed by atoms with Crippen LogP contribution in [0.1, 0.15) is 20.8 Å². The number of amides is 1. The van der Waals surface area contributed by atoms with Crippen molar-refractivity contribution in [2.45, 2.75) is 0 Å².